The van der Waals surface area contributed by atoms with E-state index in [4.69, 9.17) is 9.47 Å². The van der Waals surface area contributed by atoms with Crippen LogP contribution < -0.4 is 15.4 Å². The van der Waals surface area contributed by atoms with Crippen LogP contribution >= 0.6 is 0 Å². The second-order valence-electron chi connectivity index (χ2n) is 8.56. The van der Waals surface area contributed by atoms with E-state index in [0.29, 0.717) is 22.9 Å². The molecule has 0 saturated carbocycles. The topological polar surface area (TPSA) is 132 Å². The molecule has 188 valence electrons. The van der Waals surface area contributed by atoms with E-state index in [1.165, 1.54) is 43.3 Å². The average Bonchev–Trinajstić information content (AvgIpc) is 3.42. The first kappa shape index (κ1) is 24.3. The van der Waals surface area contributed by atoms with E-state index in [0.717, 1.165) is 0 Å². The summed E-state index contributed by atoms with van der Waals surface area (Å²) in [6.07, 6.45) is 0.663. The molecule has 1 aromatic heterocycles. The number of carbonyl (C=O) groups is 1. The molecule has 0 bridgehead atoms. The zero-order chi connectivity index (χ0) is 25.3. The van der Waals surface area contributed by atoms with Crippen molar-refractivity contribution in [3.63, 3.8) is 0 Å². The second-order valence-corrected chi connectivity index (χ2v) is 10.3. The summed E-state index contributed by atoms with van der Waals surface area (Å²) in [6.45, 7) is 1.78. The normalized spacial score (nSPS) is 23.3. The highest BCUT2D eigenvalue weighted by Crippen LogP contribution is 2.30. The number of nitrogens with one attached hydrogen (secondary N) is 3. The minimum Gasteiger partial charge on any atom is -0.371 e. The maximum Gasteiger partial charge on any atom is 0.240 e. The Hall–Kier alpha value is -3.45. The van der Waals surface area contributed by atoms with Gasteiger partial charge in [-0.1, -0.05) is 12.1 Å². The number of ether oxygens (including phenoxy) is 2. The Morgan fingerprint density at radius 2 is 1.75 bits per heavy atom. The van der Waals surface area contributed by atoms with Gasteiger partial charge in [0.05, 0.1) is 35.9 Å². The van der Waals surface area contributed by atoms with E-state index in [9.17, 15) is 17.6 Å². The number of carbonyl (C=O) groups excluding carboxylic acids is 1. The van der Waals surface area contributed by atoms with Gasteiger partial charge in [0, 0.05) is 24.4 Å². The predicted molar refractivity (Wildman–Crippen MR) is 129 cm³/mol. The first-order valence-electron chi connectivity index (χ1n) is 11.3. The molecule has 10 nitrogen and oxygen atoms in total. The Bertz CT molecular complexity index is 1370. The molecular weight excluding hydrogens is 489 g/mol. The maximum absolute atomic E-state index is 13.6. The van der Waals surface area contributed by atoms with Gasteiger partial charge in [-0.15, -0.1) is 0 Å². The van der Waals surface area contributed by atoms with Crippen LogP contribution in [0, 0.1) is 5.82 Å². The number of hydrogen-bond donors (Lipinski definition) is 3. The molecule has 2 aliphatic heterocycles. The van der Waals surface area contributed by atoms with Crippen molar-refractivity contribution in [2.24, 2.45) is 0 Å². The van der Waals surface area contributed by atoms with Gasteiger partial charge in [-0.3, -0.25) is 4.79 Å². The Morgan fingerprint density at radius 3 is 2.47 bits per heavy atom. The lowest BCUT2D eigenvalue weighted by molar-refractivity contribution is -0.114. The standard InChI is InChI=1S/C24H24FN5O5S/c1-14(31)27-17-5-7-18(8-6-17)36(32,33)30-21-13-35-22-20(12-34-23(21)22)29-24-26-10-9-19(28-24)15-3-2-4-16(25)11-15/h2-11,20-23,30H,12-13H2,1H3,(H,27,31)(H,26,28,29). The van der Waals surface area contributed by atoms with Gasteiger partial charge in [0.1, 0.15) is 18.0 Å². The van der Waals surface area contributed by atoms with E-state index in [1.54, 1.807) is 24.4 Å². The first-order chi connectivity index (χ1) is 17.3. The molecule has 1 amide bonds. The fourth-order valence-corrected chi connectivity index (χ4v) is 5.55. The molecule has 2 aliphatic rings. The second kappa shape index (κ2) is 9.90. The van der Waals surface area contributed by atoms with Gasteiger partial charge in [-0.05, 0) is 42.5 Å². The van der Waals surface area contributed by atoms with Crippen molar-refractivity contribution < 1.29 is 27.1 Å². The summed E-state index contributed by atoms with van der Waals surface area (Å²) in [4.78, 5) is 19.9. The van der Waals surface area contributed by atoms with Crippen LogP contribution in [0.4, 0.5) is 16.0 Å². The highest BCUT2D eigenvalue weighted by atomic mass is 32.2. The summed E-state index contributed by atoms with van der Waals surface area (Å²) in [5.41, 5.74) is 1.69. The summed E-state index contributed by atoms with van der Waals surface area (Å²) in [7, 11) is -3.84. The first-order valence-corrected chi connectivity index (χ1v) is 12.8. The summed E-state index contributed by atoms with van der Waals surface area (Å²) in [5, 5.41) is 5.79. The monoisotopic (exact) mass is 513 g/mol. The van der Waals surface area contributed by atoms with Crippen molar-refractivity contribution in [2.75, 3.05) is 23.8 Å². The van der Waals surface area contributed by atoms with E-state index in [1.807, 2.05) is 0 Å². The minimum absolute atomic E-state index is 0.0651. The molecule has 0 radical (unpaired) electrons. The van der Waals surface area contributed by atoms with Crippen molar-refractivity contribution in [1.29, 1.82) is 0 Å². The van der Waals surface area contributed by atoms with Crippen LogP contribution in [0.15, 0.2) is 65.7 Å². The van der Waals surface area contributed by atoms with Gasteiger partial charge in [-0.25, -0.2) is 27.5 Å². The lowest BCUT2D eigenvalue weighted by atomic mass is 10.1. The van der Waals surface area contributed by atoms with Gasteiger partial charge in [-0.2, -0.15) is 0 Å². The Kier molecular flexibility index (Phi) is 6.67. The Labute approximate surface area is 207 Å². The highest BCUT2D eigenvalue weighted by Gasteiger charge is 2.49. The van der Waals surface area contributed by atoms with Crippen LogP contribution in [0.1, 0.15) is 6.92 Å². The van der Waals surface area contributed by atoms with Crippen molar-refractivity contribution in [1.82, 2.24) is 14.7 Å². The highest BCUT2D eigenvalue weighted by molar-refractivity contribution is 7.89. The number of hydrogen-bond acceptors (Lipinski definition) is 8. The number of fused-ring (bicyclic) bond motifs is 1. The number of nitrogens with zero attached hydrogens (tertiary/aromatic N) is 2. The van der Waals surface area contributed by atoms with Crippen molar-refractivity contribution in [2.45, 2.75) is 36.1 Å². The maximum atomic E-state index is 13.6. The smallest absolute Gasteiger partial charge is 0.240 e. The quantitative estimate of drug-likeness (QED) is 0.438. The molecule has 36 heavy (non-hydrogen) atoms. The van der Waals surface area contributed by atoms with E-state index in [2.05, 4.69) is 25.3 Å². The van der Waals surface area contributed by atoms with E-state index in [-0.39, 0.29) is 35.9 Å². The van der Waals surface area contributed by atoms with Crippen molar-refractivity contribution >= 4 is 27.6 Å². The molecule has 2 fully saturated rings. The Balaban J connectivity index is 1.24. The molecule has 3 aromatic rings. The molecule has 4 atom stereocenters. The molecule has 2 aromatic carbocycles. The molecule has 12 heteroatoms. The van der Waals surface area contributed by atoms with E-state index < -0.39 is 28.3 Å². The summed E-state index contributed by atoms with van der Waals surface area (Å²) in [5.74, 6) is -0.271. The number of halogens is 1. The van der Waals surface area contributed by atoms with Gasteiger partial charge in [0.15, 0.2) is 0 Å². The molecule has 5 rings (SSSR count). The van der Waals surface area contributed by atoms with Gasteiger partial charge in [0.25, 0.3) is 0 Å². The molecule has 0 aliphatic carbocycles. The molecule has 0 spiro atoms. The largest absolute Gasteiger partial charge is 0.371 e. The number of rotatable bonds is 7. The molecule has 4 unspecified atom stereocenters. The predicted octanol–water partition coefficient (Wildman–Crippen LogP) is 2.17. The third-order valence-electron chi connectivity index (χ3n) is 5.94. The van der Waals surface area contributed by atoms with Crippen LogP contribution in [-0.2, 0) is 24.3 Å². The molecule has 3 heterocycles. The number of sulfonamides is 1. The van der Waals surface area contributed by atoms with Gasteiger partial charge in [0.2, 0.25) is 21.9 Å². The van der Waals surface area contributed by atoms with Crippen LogP contribution in [0.5, 0.6) is 0 Å². The number of aromatic nitrogens is 2. The third kappa shape index (κ3) is 5.21. The molecular formula is C24H24FN5O5S. The molecule has 2 saturated heterocycles. The van der Waals surface area contributed by atoms with Crippen molar-refractivity contribution in [3.8, 4) is 11.3 Å². The van der Waals surface area contributed by atoms with Crippen LogP contribution in [-0.4, -0.2) is 61.8 Å². The zero-order valence-electron chi connectivity index (χ0n) is 19.2. The van der Waals surface area contributed by atoms with E-state index >= 15 is 0 Å². The van der Waals surface area contributed by atoms with Crippen LogP contribution in [0.25, 0.3) is 11.3 Å². The number of amides is 1. The third-order valence-corrected chi connectivity index (χ3v) is 7.44. The van der Waals surface area contributed by atoms with Gasteiger partial charge >= 0.3 is 0 Å². The van der Waals surface area contributed by atoms with Gasteiger partial charge < -0.3 is 20.1 Å². The summed E-state index contributed by atoms with van der Waals surface area (Å²) >= 11 is 0. The summed E-state index contributed by atoms with van der Waals surface area (Å²) < 4.78 is 53.8. The molecule has 3 N–H and O–H groups in total. The lowest BCUT2D eigenvalue weighted by Gasteiger charge is -2.18. The number of anilines is 2. The summed E-state index contributed by atoms with van der Waals surface area (Å²) in [6, 6.07) is 12.8. The van der Waals surface area contributed by atoms with Crippen LogP contribution in [0.2, 0.25) is 0 Å². The fraction of sp³-hybridized carbons (Fsp3) is 0.292. The average molecular weight is 514 g/mol. The van der Waals surface area contributed by atoms with Crippen LogP contribution in [0.3, 0.4) is 0 Å². The lowest BCUT2D eigenvalue weighted by Crippen LogP contribution is -2.44. The number of benzene rings is 2. The SMILES string of the molecule is CC(=O)Nc1ccc(S(=O)(=O)NC2COC3C(Nc4nccc(-c5cccc(F)c5)n4)COC23)cc1. The zero-order valence-corrected chi connectivity index (χ0v) is 20.0. The fourth-order valence-electron chi connectivity index (χ4n) is 4.31. The minimum atomic E-state index is -3.84. The Morgan fingerprint density at radius 1 is 1.03 bits per heavy atom. The van der Waals surface area contributed by atoms with Crippen molar-refractivity contribution in [3.05, 3.63) is 66.6 Å².